The fourth-order valence-electron chi connectivity index (χ4n) is 3.25. The maximum absolute atomic E-state index is 5.48. The smallest absolute Gasteiger partial charge is 0.133 e. The van der Waals surface area contributed by atoms with E-state index in [-0.39, 0.29) is 0 Å². The molecule has 8 heteroatoms. The molecule has 0 aliphatic rings. The summed E-state index contributed by atoms with van der Waals surface area (Å²) < 4.78 is 32.5. The number of benzene rings is 2. The second kappa shape index (κ2) is 11.6. The lowest BCUT2D eigenvalue weighted by Crippen LogP contribution is -1.95. The van der Waals surface area contributed by atoms with Crippen LogP contribution in [-0.4, -0.2) is 52.6 Å². The normalized spacial score (nSPS) is 11.0. The topological polar surface area (TPSA) is 81.2 Å². The summed E-state index contributed by atoms with van der Waals surface area (Å²) in [5.41, 5.74) is 2.90. The maximum atomic E-state index is 5.48. The van der Waals surface area contributed by atoms with Crippen molar-refractivity contribution >= 4 is 24.3 Å². The molecule has 0 atom stereocenters. The second-order valence-electron chi connectivity index (χ2n) is 6.92. The van der Waals surface area contributed by atoms with Gasteiger partial charge in [-0.15, -0.1) is 0 Å². The van der Waals surface area contributed by atoms with Gasteiger partial charge in [-0.2, -0.15) is 0 Å². The molecule has 3 rings (SSSR count). The number of hydrogen-bond acceptors (Lipinski definition) is 8. The molecule has 0 saturated carbocycles. The molecule has 0 spiro atoms. The Hall–Kier alpha value is -4.20. The number of ether oxygens (including phenoxy) is 6. The summed E-state index contributed by atoms with van der Waals surface area (Å²) in [5.74, 6) is 3.80. The Morgan fingerprint density at radius 3 is 1.03 bits per heavy atom. The van der Waals surface area contributed by atoms with E-state index in [1.807, 2.05) is 24.3 Å². The minimum absolute atomic E-state index is 0.627. The standard InChI is InChI=1S/C26H28N2O6/c1-29-19-11-23(31-3)21(24(12-19)32-4)9-7-17-15-28-18(16-27-17)8-10-22-25(33-5)13-20(30-2)14-26(22)34-6/h7-16H,1-6H3. The van der Waals surface area contributed by atoms with E-state index in [4.69, 9.17) is 28.4 Å². The molecule has 1 heterocycles. The third-order valence-corrected chi connectivity index (χ3v) is 5.04. The van der Waals surface area contributed by atoms with Gasteiger partial charge >= 0.3 is 0 Å². The van der Waals surface area contributed by atoms with Crippen molar-refractivity contribution in [2.24, 2.45) is 0 Å². The number of nitrogens with zero attached hydrogens (tertiary/aromatic N) is 2. The minimum atomic E-state index is 0.627. The molecule has 0 radical (unpaired) electrons. The maximum Gasteiger partial charge on any atom is 0.133 e. The second-order valence-corrected chi connectivity index (χ2v) is 6.92. The zero-order valence-electron chi connectivity index (χ0n) is 20.1. The highest BCUT2D eigenvalue weighted by atomic mass is 16.5. The quantitative estimate of drug-likeness (QED) is 0.420. The third kappa shape index (κ3) is 5.58. The van der Waals surface area contributed by atoms with E-state index < -0.39 is 0 Å². The summed E-state index contributed by atoms with van der Waals surface area (Å²) in [7, 11) is 9.57. The Kier molecular flexibility index (Phi) is 8.34. The van der Waals surface area contributed by atoms with Gasteiger partial charge in [0, 0.05) is 24.3 Å². The average Bonchev–Trinajstić information content (AvgIpc) is 2.90. The van der Waals surface area contributed by atoms with Gasteiger partial charge in [0.2, 0.25) is 0 Å². The first-order valence-corrected chi connectivity index (χ1v) is 10.3. The molecule has 3 aromatic rings. The molecule has 0 saturated heterocycles. The minimum Gasteiger partial charge on any atom is -0.496 e. The Morgan fingerprint density at radius 2 is 0.794 bits per heavy atom. The van der Waals surface area contributed by atoms with Crippen LogP contribution in [0.2, 0.25) is 0 Å². The molecule has 0 unspecified atom stereocenters. The van der Waals surface area contributed by atoms with E-state index in [9.17, 15) is 0 Å². The first-order chi connectivity index (χ1) is 16.6. The molecule has 0 bridgehead atoms. The molecule has 0 N–H and O–H groups in total. The first-order valence-electron chi connectivity index (χ1n) is 10.3. The lowest BCUT2D eigenvalue weighted by Gasteiger charge is -2.12. The molecule has 8 nitrogen and oxygen atoms in total. The number of rotatable bonds is 10. The predicted octanol–water partition coefficient (Wildman–Crippen LogP) is 4.87. The zero-order valence-corrected chi connectivity index (χ0v) is 20.1. The van der Waals surface area contributed by atoms with Crippen LogP contribution in [0.3, 0.4) is 0 Å². The fourth-order valence-corrected chi connectivity index (χ4v) is 3.25. The van der Waals surface area contributed by atoms with E-state index >= 15 is 0 Å². The van der Waals surface area contributed by atoms with Crippen molar-refractivity contribution in [3.8, 4) is 34.5 Å². The van der Waals surface area contributed by atoms with Gasteiger partial charge in [-0.1, -0.05) is 0 Å². The molecular weight excluding hydrogens is 436 g/mol. The summed E-state index contributed by atoms with van der Waals surface area (Å²) in [6, 6.07) is 7.18. The SMILES string of the molecule is COc1cc(OC)c(C=Cc2cnc(C=Cc3c(OC)cc(OC)cc3OC)cn2)c(OC)c1. The van der Waals surface area contributed by atoms with Crippen molar-refractivity contribution in [3.05, 3.63) is 59.2 Å². The van der Waals surface area contributed by atoms with E-state index in [0.717, 1.165) is 11.1 Å². The van der Waals surface area contributed by atoms with E-state index in [0.29, 0.717) is 45.9 Å². The molecule has 34 heavy (non-hydrogen) atoms. The monoisotopic (exact) mass is 464 g/mol. The van der Waals surface area contributed by atoms with Gasteiger partial charge in [-0.25, -0.2) is 0 Å². The number of methoxy groups -OCH3 is 6. The number of hydrogen-bond donors (Lipinski definition) is 0. The van der Waals surface area contributed by atoms with Crippen molar-refractivity contribution in [3.63, 3.8) is 0 Å². The van der Waals surface area contributed by atoms with Crippen LogP contribution < -0.4 is 28.4 Å². The van der Waals surface area contributed by atoms with Crippen molar-refractivity contribution < 1.29 is 28.4 Å². The van der Waals surface area contributed by atoms with Crippen LogP contribution in [0.4, 0.5) is 0 Å². The summed E-state index contributed by atoms with van der Waals surface area (Å²) in [4.78, 5) is 8.95. The first kappa shape index (κ1) is 24.4. The molecule has 0 amide bonds. The molecule has 178 valence electrons. The van der Waals surface area contributed by atoms with Crippen LogP contribution in [0.1, 0.15) is 22.5 Å². The van der Waals surface area contributed by atoms with Gasteiger partial charge in [-0.3, -0.25) is 9.97 Å². The van der Waals surface area contributed by atoms with E-state index in [1.54, 1.807) is 79.3 Å². The predicted molar refractivity (Wildman–Crippen MR) is 132 cm³/mol. The van der Waals surface area contributed by atoms with Crippen molar-refractivity contribution in [1.29, 1.82) is 0 Å². The number of aromatic nitrogens is 2. The van der Waals surface area contributed by atoms with Gasteiger partial charge in [0.25, 0.3) is 0 Å². The highest BCUT2D eigenvalue weighted by Gasteiger charge is 2.12. The summed E-state index contributed by atoms with van der Waals surface area (Å²) >= 11 is 0. The summed E-state index contributed by atoms with van der Waals surface area (Å²) in [6.45, 7) is 0. The highest BCUT2D eigenvalue weighted by molar-refractivity contribution is 5.77. The fraction of sp³-hybridized carbons (Fsp3) is 0.231. The largest absolute Gasteiger partial charge is 0.496 e. The molecule has 0 aliphatic carbocycles. The molecule has 1 aromatic heterocycles. The van der Waals surface area contributed by atoms with Crippen molar-refractivity contribution in [1.82, 2.24) is 9.97 Å². The molecular formula is C26H28N2O6. The van der Waals surface area contributed by atoms with Crippen LogP contribution in [0.5, 0.6) is 34.5 Å². The lowest BCUT2D eigenvalue weighted by molar-refractivity contribution is 0.374. The van der Waals surface area contributed by atoms with E-state index in [1.165, 1.54) is 0 Å². The summed E-state index contributed by atoms with van der Waals surface area (Å²) in [6.07, 6.45) is 10.8. The Bertz CT molecular complexity index is 1030. The van der Waals surface area contributed by atoms with Crippen molar-refractivity contribution in [2.75, 3.05) is 42.7 Å². The Balaban J connectivity index is 1.83. The third-order valence-electron chi connectivity index (χ3n) is 5.04. The van der Waals surface area contributed by atoms with Crippen LogP contribution in [-0.2, 0) is 0 Å². The van der Waals surface area contributed by atoms with Crippen LogP contribution in [0, 0.1) is 0 Å². The van der Waals surface area contributed by atoms with Crippen LogP contribution >= 0.6 is 0 Å². The van der Waals surface area contributed by atoms with Gasteiger partial charge in [0.15, 0.2) is 0 Å². The van der Waals surface area contributed by atoms with Gasteiger partial charge in [-0.05, 0) is 24.3 Å². The Morgan fingerprint density at radius 1 is 0.471 bits per heavy atom. The molecule has 2 aromatic carbocycles. The average molecular weight is 465 g/mol. The highest BCUT2D eigenvalue weighted by Crippen LogP contribution is 2.36. The zero-order chi connectivity index (χ0) is 24.5. The Labute approximate surface area is 199 Å². The summed E-state index contributed by atoms with van der Waals surface area (Å²) in [5, 5.41) is 0. The van der Waals surface area contributed by atoms with Gasteiger partial charge < -0.3 is 28.4 Å². The molecule has 0 aliphatic heterocycles. The van der Waals surface area contributed by atoms with Gasteiger partial charge in [0.05, 0.1) is 77.6 Å². The van der Waals surface area contributed by atoms with Gasteiger partial charge in [0.1, 0.15) is 34.5 Å². The van der Waals surface area contributed by atoms with Crippen LogP contribution in [0.15, 0.2) is 36.7 Å². The lowest BCUT2D eigenvalue weighted by atomic mass is 10.1. The van der Waals surface area contributed by atoms with Crippen molar-refractivity contribution in [2.45, 2.75) is 0 Å². The van der Waals surface area contributed by atoms with E-state index in [2.05, 4.69) is 9.97 Å². The molecule has 0 fully saturated rings. The van der Waals surface area contributed by atoms with Crippen LogP contribution in [0.25, 0.3) is 24.3 Å².